The van der Waals surface area contributed by atoms with E-state index in [1.807, 2.05) is 0 Å². The summed E-state index contributed by atoms with van der Waals surface area (Å²) in [6.07, 6.45) is 4.53. The van der Waals surface area contributed by atoms with Crippen LogP contribution >= 0.6 is 0 Å². The minimum Gasteiger partial charge on any atom is -0.323 e. The van der Waals surface area contributed by atoms with Gasteiger partial charge in [0.15, 0.2) is 0 Å². The number of carbonyl (C=O) groups is 1. The topological polar surface area (TPSA) is 107 Å². The fraction of sp³-hybridized carbons (Fsp3) is 0.0526. The van der Waals surface area contributed by atoms with Gasteiger partial charge in [-0.05, 0) is 54.6 Å². The monoisotopic (exact) mass is 400 g/mol. The van der Waals surface area contributed by atoms with Crippen molar-refractivity contribution in [1.29, 1.82) is 0 Å². The third-order valence-corrected chi connectivity index (χ3v) is 4.88. The first-order valence-electron chi connectivity index (χ1n) is 8.14. The number of anilines is 1. The number of amides is 1. The Morgan fingerprint density at radius 1 is 1.14 bits per heavy atom. The molecule has 3 N–H and O–H groups in total. The van der Waals surface area contributed by atoms with Crippen molar-refractivity contribution in [2.75, 3.05) is 5.32 Å². The number of primary sulfonamides is 1. The SMILES string of the molecule is Cn1ncc(/C=C/C(=O)Nc2ccc(S(N)(=O)=O)cc2)c1-c1ccc(F)cc1. The average molecular weight is 400 g/mol. The number of sulfonamides is 1. The molecular formula is C19H17FN4O3S. The highest BCUT2D eigenvalue weighted by Gasteiger charge is 2.10. The number of hydrogen-bond acceptors (Lipinski definition) is 4. The van der Waals surface area contributed by atoms with E-state index in [0.717, 1.165) is 11.3 Å². The maximum absolute atomic E-state index is 13.2. The molecule has 9 heteroatoms. The maximum Gasteiger partial charge on any atom is 0.248 e. The summed E-state index contributed by atoms with van der Waals surface area (Å²) in [6.45, 7) is 0. The van der Waals surface area contributed by atoms with Crippen molar-refractivity contribution < 1.29 is 17.6 Å². The Labute approximate surface area is 161 Å². The summed E-state index contributed by atoms with van der Waals surface area (Å²) in [5.74, 6) is -0.742. The molecular weight excluding hydrogens is 383 g/mol. The van der Waals surface area contributed by atoms with Gasteiger partial charge < -0.3 is 5.32 Å². The second-order valence-electron chi connectivity index (χ2n) is 5.97. The van der Waals surface area contributed by atoms with Crippen LogP contribution in [0.2, 0.25) is 0 Å². The summed E-state index contributed by atoms with van der Waals surface area (Å²) in [6, 6.07) is 11.5. The van der Waals surface area contributed by atoms with Gasteiger partial charge in [-0.3, -0.25) is 9.48 Å². The van der Waals surface area contributed by atoms with Gasteiger partial charge in [-0.15, -0.1) is 0 Å². The molecule has 0 unspecified atom stereocenters. The molecule has 0 saturated carbocycles. The second-order valence-corrected chi connectivity index (χ2v) is 7.53. The van der Waals surface area contributed by atoms with Gasteiger partial charge in [0.25, 0.3) is 0 Å². The normalized spacial score (nSPS) is 11.7. The fourth-order valence-corrected chi connectivity index (χ4v) is 3.13. The zero-order valence-electron chi connectivity index (χ0n) is 14.8. The van der Waals surface area contributed by atoms with Crippen LogP contribution in [-0.4, -0.2) is 24.1 Å². The van der Waals surface area contributed by atoms with Crippen LogP contribution in [0.4, 0.5) is 10.1 Å². The standard InChI is InChI=1S/C19H17FN4O3S/c1-24-19(13-2-5-15(20)6-3-13)14(12-22-24)4-11-18(25)23-16-7-9-17(10-8-16)28(21,26)27/h2-12H,1H3,(H,23,25)(H2,21,26,27)/b11-4+. The van der Waals surface area contributed by atoms with Crippen molar-refractivity contribution in [3.8, 4) is 11.3 Å². The highest BCUT2D eigenvalue weighted by molar-refractivity contribution is 7.89. The Bertz CT molecular complexity index is 1130. The van der Waals surface area contributed by atoms with E-state index in [4.69, 9.17) is 5.14 Å². The second kappa shape index (κ2) is 7.75. The lowest BCUT2D eigenvalue weighted by Crippen LogP contribution is -2.12. The molecule has 0 spiro atoms. The quantitative estimate of drug-likeness (QED) is 0.642. The van der Waals surface area contributed by atoms with E-state index in [9.17, 15) is 17.6 Å². The lowest BCUT2D eigenvalue weighted by molar-refractivity contribution is -0.111. The Kier molecular flexibility index (Phi) is 5.39. The van der Waals surface area contributed by atoms with Gasteiger partial charge in [-0.2, -0.15) is 5.10 Å². The number of hydrogen-bond donors (Lipinski definition) is 2. The molecule has 1 aromatic heterocycles. The van der Waals surface area contributed by atoms with Gasteiger partial charge in [0, 0.05) is 29.9 Å². The molecule has 1 amide bonds. The van der Waals surface area contributed by atoms with Crippen LogP contribution in [0, 0.1) is 5.82 Å². The largest absolute Gasteiger partial charge is 0.323 e. The summed E-state index contributed by atoms with van der Waals surface area (Å²) in [5.41, 5.74) is 2.61. The predicted molar refractivity (Wildman–Crippen MR) is 104 cm³/mol. The third kappa shape index (κ3) is 4.51. The first-order valence-corrected chi connectivity index (χ1v) is 9.68. The van der Waals surface area contributed by atoms with Crippen molar-refractivity contribution in [2.45, 2.75) is 4.90 Å². The summed E-state index contributed by atoms with van der Waals surface area (Å²) in [4.78, 5) is 12.1. The number of aromatic nitrogens is 2. The number of nitrogens with two attached hydrogens (primary N) is 1. The number of benzene rings is 2. The Morgan fingerprint density at radius 3 is 2.39 bits per heavy atom. The highest BCUT2D eigenvalue weighted by Crippen LogP contribution is 2.24. The number of aryl methyl sites for hydroxylation is 1. The van der Waals surface area contributed by atoms with Gasteiger partial charge >= 0.3 is 0 Å². The molecule has 3 rings (SSSR count). The van der Waals surface area contributed by atoms with Crippen molar-refractivity contribution in [1.82, 2.24) is 9.78 Å². The summed E-state index contributed by atoms with van der Waals surface area (Å²) >= 11 is 0. The molecule has 28 heavy (non-hydrogen) atoms. The van der Waals surface area contributed by atoms with E-state index in [0.29, 0.717) is 11.3 Å². The summed E-state index contributed by atoms with van der Waals surface area (Å²) in [5, 5.41) is 11.8. The molecule has 0 aliphatic heterocycles. The first kappa shape index (κ1) is 19.5. The van der Waals surface area contributed by atoms with Gasteiger partial charge in [0.2, 0.25) is 15.9 Å². The molecule has 0 radical (unpaired) electrons. The lowest BCUT2D eigenvalue weighted by Gasteiger charge is -2.05. The number of carbonyl (C=O) groups excluding carboxylic acids is 1. The zero-order valence-corrected chi connectivity index (χ0v) is 15.7. The van der Waals surface area contributed by atoms with Crippen molar-refractivity contribution >= 4 is 27.7 Å². The van der Waals surface area contributed by atoms with E-state index >= 15 is 0 Å². The number of nitrogens with one attached hydrogen (secondary N) is 1. The van der Waals surface area contributed by atoms with E-state index < -0.39 is 15.9 Å². The van der Waals surface area contributed by atoms with E-state index in [1.165, 1.54) is 42.5 Å². The van der Waals surface area contributed by atoms with E-state index in [-0.39, 0.29) is 10.7 Å². The lowest BCUT2D eigenvalue weighted by atomic mass is 10.1. The Morgan fingerprint density at radius 2 is 1.79 bits per heavy atom. The summed E-state index contributed by atoms with van der Waals surface area (Å²) < 4.78 is 37.3. The van der Waals surface area contributed by atoms with Crippen molar-refractivity contribution in [2.24, 2.45) is 12.2 Å². The van der Waals surface area contributed by atoms with Crippen molar-refractivity contribution in [3.63, 3.8) is 0 Å². The van der Waals surface area contributed by atoms with Crippen LogP contribution in [0.3, 0.4) is 0 Å². The molecule has 0 bridgehead atoms. The molecule has 0 aliphatic carbocycles. The summed E-state index contributed by atoms with van der Waals surface area (Å²) in [7, 11) is -2.03. The first-order chi connectivity index (χ1) is 13.2. The Balaban J connectivity index is 1.75. The van der Waals surface area contributed by atoms with Crippen LogP contribution in [-0.2, 0) is 21.9 Å². The van der Waals surface area contributed by atoms with E-state index in [2.05, 4.69) is 10.4 Å². The number of halogens is 1. The molecule has 2 aromatic carbocycles. The van der Waals surface area contributed by atoms with Crippen molar-refractivity contribution in [3.05, 3.63) is 72.2 Å². The third-order valence-electron chi connectivity index (χ3n) is 3.95. The number of rotatable bonds is 5. The van der Waals surface area contributed by atoms with E-state index in [1.54, 1.807) is 36.1 Å². The van der Waals surface area contributed by atoms with Gasteiger partial charge in [-0.1, -0.05) is 0 Å². The maximum atomic E-state index is 13.2. The van der Waals surface area contributed by atoms with Crippen LogP contribution in [0.5, 0.6) is 0 Å². The molecule has 3 aromatic rings. The molecule has 0 aliphatic rings. The van der Waals surface area contributed by atoms with Gasteiger partial charge in [0.05, 0.1) is 16.8 Å². The number of nitrogens with zero attached hydrogens (tertiary/aromatic N) is 2. The predicted octanol–water partition coefficient (Wildman–Crippen LogP) is 2.53. The van der Waals surface area contributed by atoms with Crippen LogP contribution in [0.25, 0.3) is 17.3 Å². The molecule has 1 heterocycles. The van der Waals surface area contributed by atoms with Gasteiger partial charge in [-0.25, -0.2) is 17.9 Å². The minimum absolute atomic E-state index is 0.0414. The molecule has 144 valence electrons. The minimum atomic E-state index is -3.79. The fourth-order valence-electron chi connectivity index (χ4n) is 2.62. The molecule has 0 atom stereocenters. The molecule has 0 saturated heterocycles. The molecule has 7 nitrogen and oxygen atoms in total. The van der Waals surface area contributed by atoms with Gasteiger partial charge in [0.1, 0.15) is 5.82 Å². The van der Waals surface area contributed by atoms with Crippen LogP contribution < -0.4 is 10.5 Å². The van der Waals surface area contributed by atoms with Crippen LogP contribution in [0.15, 0.2) is 65.7 Å². The Hall–Kier alpha value is -3.30. The van der Waals surface area contributed by atoms with Crippen LogP contribution in [0.1, 0.15) is 5.56 Å². The zero-order chi connectivity index (χ0) is 20.3. The smallest absolute Gasteiger partial charge is 0.248 e. The average Bonchev–Trinajstić information content (AvgIpc) is 3.01. The highest BCUT2D eigenvalue weighted by atomic mass is 32.2. The molecule has 0 fully saturated rings.